The normalized spacial score (nSPS) is 17.6. The molecule has 0 radical (unpaired) electrons. The Hall–Kier alpha value is -1.28. The van der Waals surface area contributed by atoms with Crippen LogP contribution in [-0.2, 0) is 4.74 Å². The van der Waals surface area contributed by atoms with E-state index >= 15 is 0 Å². The smallest absolute Gasteiger partial charge is 0.270 e. The molecule has 1 aliphatic heterocycles. The highest BCUT2D eigenvalue weighted by Crippen LogP contribution is 2.26. The van der Waals surface area contributed by atoms with Gasteiger partial charge in [-0.25, -0.2) is 4.98 Å². The van der Waals surface area contributed by atoms with Crippen molar-refractivity contribution in [2.45, 2.75) is 18.4 Å². The molecule has 112 valence electrons. The van der Waals surface area contributed by atoms with E-state index in [-0.39, 0.29) is 12.5 Å². The van der Waals surface area contributed by atoms with Crippen molar-refractivity contribution in [3.63, 3.8) is 0 Å². The molecule has 2 aromatic heterocycles. The van der Waals surface area contributed by atoms with Gasteiger partial charge in [-0.15, -0.1) is 11.3 Å². The van der Waals surface area contributed by atoms with Crippen LogP contribution in [0.4, 0.5) is 0 Å². The first-order chi connectivity index (χ1) is 10.2. The van der Waals surface area contributed by atoms with Crippen molar-refractivity contribution in [2.75, 3.05) is 19.8 Å². The van der Waals surface area contributed by atoms with E-state index in [4.69, 9.17) is 4.74 Å². The first-order valence-electron chi connectivity index (χ1n) is 6.73. The number of aromatic nitrogens is 1. The Morgan fingerprint density at radius 3 is 2.95 bits per heavy atom. The number of hydrogen-bond acceptors (Lipinski definition) is 6. The van der Waals surface area contributed by atoms with Crippen molar-refractivity contribution >= 4 is 28.6 Å². The lowest BCUT2D eigenvalue weighted by Gasteiger charge is -2.31. The van der Waals surface area contributed by atoms with Crippen LogP contribution < -0.4 is 5.32 Å². The van der Waals surface area contributed by atoms with Crippen LogP contribution in [0.5, 0.6) is 0 Å². The number of thiophene rings is 1. The number of amides is 1. The Bertz CT molecular complexity index is 604. The maximum absolute atomic E-state index is 12.1. The number of carbonyl (C=O) groups is 1. The molecule has 0 bridgehead atoms. The minimum Gasteiger partial charge on any atom is -0.388 e. The second kappa shape index (κ2) is 6.23. The molecule has 21 heavy (non-hydrogen) atoms. The van der Waals surface area contributed by atoms with Crippen LogP contribution >= 0.6 is 22.7 Å². The van der Waals surface area contributed by atoms with Gasteiger partial charge >= 0.3 is 0 Å². The van der Waals surface area contributed by atoms with E-state index in [2.05, 4.69) is 10.3 Å². The zero-order valence-electron chi connectivity index (χ0n) is 11.4. The molecule has 0 spiro atoms. The Labute approximate surface area is 130 Å². The number of nitrogens with zero attached hydrogens (tertiary/aromatic N) is 1. The lowest BCUT2D eigenvalue weighted by atomic mass is 9.94. The number of rotatable bonds is 4. The summed E-state index contributed by atoms with van der Waals surface area (Å²) in [5, 5.41) is 19.7. The zero-order valence-corrected chi connectivity index (χ0v) is 13.0. The van der Waals surface area contributed by atoms with Gasteiger partial charge in [-0.05, 0) is 11.4 Å². The molecule has 0 atom stereocenters. The second-order valence-electron chi connectivity index (χ2n) is 5.07. The quantitative estimate of drug-likeness (QED) is 0.904. The molecule has 0 aromatic carbocycles. The van der Waals surface area contributed by atoms with E-state index in [9.17, 15) is 9.90 Å². The number of ether oxygens (including phenoxy) is 1. The fourth-order valence-corrected chi connectivity index (χ4v) is 3.67. The molecule has 3 rings (SSSR count). The molecule has 1 amide bonds. The standard InChI is InChI=1S/C14H16N2O3S2/c17-12(15-9-14(18)2-4-19-5-3-14)11-8-21-13(16-11)10-1-6-20-7-10/h1,6-8,18H,2-5,9H2,(H,15,17). The predicted octanol–water partition coefficient (Wildman–Crippen LogP) is 2.14. The van der Waals surface area contributed by atoms with E-state index in [0.717, 1.165) is 10.6 Å². The average molecular weight is 324 g/mol. The Kier molecular flexibility index (Phi) is 4.34. The number of carbonyl (C=O) groups excluding carboxylic acids is 1. The number of thiazole rings is 1. The van der Waals surface area contributed by atoms with E-state index in [1.54, 1.807) is 16.7 Å². The number of aliphatic hydroxyl groups is 1. The van der Waals surface area contributed by atoms with E-state index in [1.165, 1.54) is 11.3 Å². The fourth-order valence-electron chi connectivity index (χ4n) is 2.16. The largest absolute Gasteiger partial charge is 0.388 e. The molecule has 0 aliphatic carbocycles. The van der Waals surface area contributed by atoms with Crippen LogP contribution in [-0.4, -0.2) is 41.4 Å². The van der Waals surface area contributed by atoms with Crippen LogP contribution in [0.25, 0.3) is 10.6 Å². The SMILES string of the molecule is O=C(NCC1(O)CCOCC1)c1csc(-c2ccsc2)n1. The molecule has 1 aliphatic rings. The summed E-state index contributed by atoms with van der Waals surface area (Å²) in [6.07, 6.45) is 1.09. The molecule has 3 heterocycles. The van der Waals surface area contributed by atoms with Gasteiger partial charge in [-0.1, -0.05) is 0 Å². The zero-order chi connectivity index (χ0) is 14.7. The second-order valence-corrected chi connectivity index (χ2v) is 6.71. The summed E-state index contributed by atoms with van der Waals surface area (Å²) in [5.41, 5.74) is 0.573. The van der Waals surface area contributed by atoms with Gasteiger partial charge in [0, 0.05) is 48.9 Å². The maximum Gasteiger partial charge on any atom is 0.270 e. The minimum atomic E-state index is -0.861. The van der Waals surface area contributed by atoms with Crippen LogP contribution in [0.15, 0.2) is 22.2 Å². The number of nitrogens with one attached hydrogen (secondary N) is 1. The predicted molar refractivity (Wildman–Crippen MR) is 82.8 cm³/mol. The molecule has 2 N–H and O–H groups in total. The lowest BCUT2D eigenvalue weighted by Crippen LogP contribution is -2.46. The van der Waals surface area contributed by atoms with Crippen LogP contribution in [0, 0.1) is 0 Å². The third kappa shape index (κ3) is 3.49. The molecule has 1 fully saturated rings. The lowest BCUT2D eigenvalue weighted by molar-refractivity contribution is -0.0605. The molecule has 0 saturated carbocycles. The van der Waals surface area contributed by atoms with Crippen LogP contribution in [0.3, 0.4) is 0 Å². The molecular weight excluding hydrogens is 308 g/mol. The van der Waals surface area contributed by atoms with Crippen LogP contribution in [0.1, 0.15) is 23.3 Å². The highest BCUT2D eigenvalue weighted by molar-refractivity contribution is 7.14. The first kappa shape index (κ1) is 14.6. The van der Waals surface area contributed by atoms with Gasteiger partial charge < -0.3 is 15.2 Å². The van der Waals surface area contributed by atoms with Crippen molar-refractivity contribution in [3.8, 4) is 10.6 Å². The van der Waals surface area contributed by atoms with E-state index in [0.29, 0.717) is 31.7 Å². The van der Waals surface area contributed by atoms with Gasteiger partial charge in [0.25, 0.3) is 5.91 Å². The van der Waals surface area contributed by atoms with Crippen molar-refractivity contribution in [1.82, 2.24) is 10.3 Å². The summed E-state index contributed by atoms with van der Waals surface area (Å²) in [7, 11) is 0. The first-order valence-corrected chi connectivity index (χ1v) is 8.55. The summed E-state index contributed by atoms with van der Waals surface area (Å²) in [6, 6.07) is 1.98. The topological polar surface area (TPSA) is 71.5 Å². The summed E-state index contributed by atoms with van der Waals surface area (Å²) >= 11 is 3.05. The Morgan fingerprint density at radius 1 is 1.43 bits per heavy atom. The van der Waals surface area contributed by atoms with Gasteiger partial charge in [0.1, 0.15) is 10.7 Å². The monoisotopic (exact) mass is 324 g/mol. The number of hydrogen-bond donors (Lipinski definition) is 2. The van der Waals surface area contributed by atoms with Gasteiger partial charge in [-0.3, -0.25) is 4.79 Å². The summed E-state index contributed by atoms with van der Waals surface area (Å²) < 4.78 is 5.22. The molecule has 1 saturated heterocycles. The minimum absolute atomic E-state index is 0.237. The van der Waals surface area contributed by atoms with Gasteiger partial charge in [0.15, 0.2) is 0 Å². The van der Waals surface area contributed by atoms with Gasteiger partial charge in [0.05, 0.1) is 5.60 Å². The summed E-state index contributed by atoms with van der Waals surface area (Å²) in [6.45, 7) is 1.30. The Morgan fingerprint density at radius 2 is 2.24 bits per heavy atom. The average Bonchev–Trinajstić information content (AvgIpc) is 3.16. The molecule has 5 nitrogen and oxygen atoms in total. The molecule has 2 aromatic rings. The van der Waals surface area contributed by atoms with E-state index < -0.39 is 5.60 Å². The fraction of sp³-hybridized carbons (Fsp3) is 0.429. The van der Waals surface area contributed by atoms with Crippen molar-refractivity contribution in [1.29, 1.82) is 0 Å². The van der Waals surface area contributed by atoms with Gasteiger partial charge in [0.2, 0.25) is 0 Å². The third-order valence-corrected chi connectivity index (χ3v) is 5.08. The van der Waals surface area contributed by atoms with Crippen molar-refractivity contribution in [3.05, 3.63) is 27.9 Å². The summed E-state index contributed by atoms with van der Waals surface area (Å²) in [4.78, 5) is 16.5. The summed E-state index contributed by atoms with van der Waals surface area (Å²) in [5.74, 6) is -0.243. The van der Waals surface area contributed by atoms with Gasteiger partial charge in [-0.2, -0.15) is 11.3 Å². The highest BCUT2D eigenvalue weighted by atomic mass is 32.1. The third-order valence-electron chi connectivity index (χ3n) is 3.51. The molecule has 7 heteroatoms. The Balaban J connectivity index is 1.61. The molecular formula is C14H16N2O3S2. The maximum atomic E-state index is 12.1. The highest BCUT2D eigenvalue weighted by Gasteiger charge is 2.30. The molecule has 0 unspecified atom stereocenters. The van der Waals surface area contributed by atoms with Crippen molar-refractivity contribution in [2.24, 2.45) is 0 Å². The van der Waals surface area contributed by atoms with E-state index in [1.807, 2.05) is 16.8 Å². The van der Waals surface area contributed by atoms with Crippen LogP contribution in [0.2, 0.25) is 0 Å². The van der Waals surface area contributed by atoms with Crippen molar-refractivity contribution < 1.29 is 14.6 Å².